The molecule has 0 aliphatic carbocycles. The fraction of sp³-hybridized carbons (Fsp3) is 0.500. The van der Waals surface area contributed by atoms with E-state index in [4.69, 9.17) is 11.6 Å². The van der Waals surface area contributed by atoms with E-state index in [1.54, 1.807) is 0 Å². The Balaban J connectivity index is 1.83. The first-order chi connectivity index (χ1) is 10.7. The Labute approximate surface area is 136 Å². The third-order valence-corrected chi connectivity index (χ3v) is 4.50. The van der Waals surface area contributed by atoms with Crippen LogP contribution in [-0.4, -0.2) is 39.3 Å². The van der Waals surface area contributed by atoms with Crippen molar-refractivity contribution in [2.45, 2.75) is 33.0 Å². The van der Waals surface area contributed by atoms with E-state index in [1.807, 2.05) is 19.1 Å². The molecule has 0 saturated carbocycles. The van der Waals surface area contributed by atoms with Crippen LogP contribution >= 0.6 is 11.6 Å². The zero-order valence-electron chi connectivity index (χ0n) is 13.1. The summed E-state index contributed by atoms with van der Waals surface area (Å²) in [5.74, 6) is 2.01. The van der Waals surface area contributed by atoms with Crippen LogP contribution in [0.15, 0.2) is 24.3 Å². The second kappa shape index (κ2) is 6.77. The summed E-state index contributed by atoms with van der Waals surface area (Å²) in [4.78, 5) is 2.46. The Kier molecular flexibility index (Phi) is 4.76. The zero-order valence-corrected chi connectivity index (χ0v) is 13.8. The molecule has 1 aliphatic heterocycles. The fourth-order valence-corrected chi connectivity index (χ4v) is 3.31. The summed E-state index contributed by atoms with van der Waals surface area (Å²) in [5, 5.41) is 12.8. The van der Waals surface area contributed by atoms with Gasteiger partial charge in [0.05, 0.1) is 6.54 Å². The molecule has 0 radical (unpaired) electrons. The van der Waals surface area contributed by atoms with Gasteiger partial charge in [-0.2, -0.15) is 0 Å². The van der Waals surface area contributed by atoms with Crippen molar-refractivity contribution in [3.63, 3.8) is 0 Å². The summed E-state index contributed by atoms with van der Waals surface area (Å²) in [5.41, 5.74) is 1.25. The number of piperazine rings is 1. The van der Waals surface area contributed by atoms with Gasteiger partial charge in [0.15, 0.2) is 0 Å². The molecular formula is C16H22ClN5. The van der Waals surface area contributed by atoms with Gasteiger partial charge in [0, 0.05) is 37.2 Å². The Hall–Kier alpha value is -1.43. The molecule has 1 fully saturated rings. The van der Waals surface area contributed by atoms with E-state index in [9.17, 15) is 0 Å². The Morgan fingerprint density at radius 1 is 1.36 bits per heavy atom. The number of aromatic nitrogens is 3. The van der Waals surface area contributed by atoms with E-state index < -0.39 is 0 Å². The summed E-state index contributed by atoms with van der Waals surface area (Å²) in [7, 11) is 0. The van der Waals surface area contributed by atoms with Crippen LogP contribution in [0, 0.1) is 6.92 Å². The Morgan fingerprint density at radius 3 is 3.00 bits per heavy atom. The van der Waals surface area contributed by atoms with E-state index in [2.05, 4.69) is 44.0 Å². The predicted molar refractivity (Wildman–Crippen MR) is 87.9 cm³/mol. The van der Waals surface area contributed by atoms with Crippen molar-refractivity contribution >= 4 is 11.6 Å². The van der Waals surface area contributed by atoms with Crippen molar-refractivity contribution in [1.29, 1.82) is 0 Å². The number of nitrogens with zero attached hydrogens (tertiary/aromatic N) is 4. The summed E-state index contributed by atoms with van der Waals surface area (Å²) in [6.07, 6.45) is 0. The van der Waals surface area contributed by atoms with E-state index >= 15 is 0 Å². The van der Waals surface area contributed by atoms with E-state index in [0.717, 1.165) is 49.4 Å². The average Bonchev–Trinajstić information content (AvgIpc) is 2.88. The summed E-state index contributed by atoms with van der Waals surface area (Å²) in [6.45, 7) is 8.77. The van der Waals surface area contributed by atoms with Crippen molar-refractivity contribution in [2.75, 3.05) is 19.6 Å². The van der Waals surface area contributed by atoms with Crippen LogP contribution in [0.1, 0.15) is 30.2 Å². The third-order valence-electron chi connectivity index (χ3n) is 4.26. The van der Waals surface area contributed by atoms with Gasteiger partial charge < -0.3 is 9.88 Å². The van der Waals surface area contributed by atoms with Crippen molar-refractivity contribution < 1.29 is 0 Å². The van der Waals surface area contributed by atoms with Crippen LogP contribution in [0.4, 0.5) is 0 Å². The molecule has 1 atom stereocenters. The summed E-state index contributed by atoms with van der Waals surface area (Å²) in [6, 6.07) is 8.45. The molecule has 6 heteroatoms. The highest BCUT2D eigenvalue weighted by Crippen LogP contribution is 2.26. The maximum Gasteiger partial charge on any atom is 0.147 e. The van der Waals surface area contributed by atoms with Gasteiger partial charge in [-0.3, -0.25) is 4.90 Å². The second-order valence-electron chi connectivity index (χ2n) is 5.65. The number of hydrogen-bond acceptors (Lipinski definition) is 4. The predicted octanol–water partition coefficient (Wildman–Crippen LogP) is 2.41. The van der Waals surface area contributed by atoms with Crippen molar-refractivity contribution in [3.05, 3.63) is 46.5 Å². The maximum absolute atomic E-state index is 6.16. The van der Waals surface area contributed by atoms with Crippen LogP contribution in [0.2, 0.25) is 5.02 Å². The quantitative estimate of drug-likeness (QED) is 0.940. The van der Waals surface area contributed by atoms with Crippen molar-refractivity contribution in [3.8, 4) is 0 Å². The third kappa shape index (κ3) is 3.16. The molecule has 1 unspecified atom stereocenters. The number of aryl methyl sites for hydroxylation is 1. The van der Waals surface area contributed by atoms with Gasteiger partial charge in [-0.15, -0.1) is 10.2 Å². The Bertz CT molecular complexity index is 639. The van der Waals surface area contributed by atoms with Gasteiger partial charge in [0.2, 0.25) is 0 Å². The molecule has 3 rings (SSSR count). The highest BCUT2D eigenvalue weighted by atomic mass is 35.5. The number of hydrogen-bond donors (Lipinski definition) is 1. The van der Waals surface area contributed by atoms with Gasteiger partial charge >= 0.3 is 0 Å². The first-order valence-corrected chi connectivity index (χ1v) is 8.15. The molecule has 118 valence electrons. The normalized spacial score (nSPS) is 19.5. The molecule has 22 heavy (non-hydrogen) atoms. The van der Waals surface area contributed by atoms with Gasteiger partial charge in [-0.05, 0) is 31.5 Å². The molecule has 5 nitrogen and oxygen atoms in total. The molecule has 1 aromatic heterocycles. The molecule has 0 amide bonds. The molecule has 1 N–H and O–H groups in total. The largest absolute Gasteiger partial charge is 0.314 e. The van der Waals surface area contributed by atoms with Gasteiger partial charge in [-0.25, -0.2) is 0 Å². The highest BCUT2D eigenvalue weighted by Gasteiger charge is 2.25. The molecule has 2 heterocycles. The highest BCUT2D eigenvalue weighted by molar-refractivity contribution is 6.30. The lowest BCUT2D eigenvalue weighted by atomic mass is 10.0. The van der Waals surface area contributed by atoms with Crippen LogP contribution in [-0.2, 0) is 13.1 Å². The van der Waals surface area contributed by atoms with Gasteiger partial charge in [0.1, 0.15) is 11.6 Å². The standard InChI is InChI=1S/C16H22ClN5/c1-3-22-12(2)19-20-16(22)11-21-8-7-18-10-15(21)13-5-4-6-14(17)9-13/h4-6,9,15,18H,3,7-8,10-11H2,1-2H3. The minimum Gasteiger partial charge on any atom is -0.314 e. The van der Waals surface area contributed by atoms with Crippen LogP contribution in [0.3, 0.4) is 0 Å². The molecule has 0 bridgehead atoms. The zero-order chi connectivity index (χ0) is 15.5. The first kappa shape index (κ1) is 15.5. The lowest BCUT2D eigenvalue weighted by Crippen LogP contribution is -2.45. The van der Waals surface area contributed by atoms with Crippen molar-refractivity contribution in [1.82, 2.24) is 25.0 Å². The van der Waals surface area contributed by atoms with Gasteiger partial charge in [-0.1, -0.05) is 23.7 Å². The number of rotatable bonds is 4. The maximum atomic E-state index is 6.16. The molecular weight excluding hydrogens is 298 g/mol. The van der Waals surface area contributed by atoms with E-state index in [0.29, 0.717) is 6.04 Å². The summed E-state index contributed by atoms with van der Waals surface area (Å²) >= 11 is 6.16. The number of halogens is 1. The van der Waals surface area contributed by atoms with Crippen molar-refractivity contribution in [2.24, 2.45) is 0 Å². The van der Waals surface area contributed by atoms with Gasteiger partial charge in [0.25, 0.3) is 0 Å². The van der Waals surface area contributed by atoms with Crippen LogP contribution < -0.4 is 5.32 Å². The fourth-order valence-electron chi connectivity index (χ4n) is 3.11. The molecule has 1 saturated heterocycles. The minimum absolute atomic E-state index is 0.315. The monoisotopic (exact) mass is 319 g/mol. The molecule has 0 spiro atoms. The van der Waals surface area contributed by atoms with Crippen LogP contribution in [0.5, 0.6) is 0 Å². The topological polar surface area (TPSA) is 46.0 Å². The smallest absolute Gasteiger partial charge is 0.147 e. The molecule has 1 aliphatic rings. The SMILES string of the molecule is CCn1c(C)nnc1CN1CCNCC1c1cccc(Cl)c1. The van der Waals surface area contributed by atoms with E-state index in [1.165, 1.54) is 5.56 Å². The lowest BCUT2D eigenvalue weighted by Gasteiger charge is -2.36. The second-order valence-corrected chi connectivity index (χ2v) is 6.09. The molecule has 2 aromatic rings. The molecule has 1 aromatic carbocycles. The number of benzene rings is 1. The van der Waals surface area contributed by atoms with E-state index in [-0.39, 0.29) is 0 Å². The number of nitrogens with one attached hydrogen (secondary N) is 1. The average molecular weight is 320 g/mol. The first-order valence-electron chi connectivity index (χ1n) is 7.78. The lowest BCUT2D eigenvalue weighted by molar-refractivity contribution is 0.148. The Morgan fingerprint density at radius 2 is 2.23 bits per heavy atom. The van der Waals surface area contributed by atoms with Crippen LogP contribution in [0.25, 0.3) is 0 Å². The summed E-state index contributed by atoms with van der Waals surface area (Å²) < 4.78 is 2.18. The minimum atomic E-state index is 0.315.